The number of carbonyl (C=O) groups excluding carboxylic acids is 1. The largest absolute Gasteiger partial charge is 0.481 e. The molecule has 0 aromatic heterocycles. The molecule has 0 saturated carbocycles. The third-order valence-electron chi connectivity index (χ3n) is 3.42. The summed E-state index contributed by atoms with van der Waals surface area (Å²) in [6.07, 6.45) is -0.431. The highest BCUT2D eigenvalue weighted by Crippen LogP contribution is 2.19. The van der Waals surface area contributed by atoms with Gasteiger partial charge in [0.2, 0.25) is 0 Å². The summed E-state index contributed by atoms with van der Waals surface area (Å²) >= 11 is 1.86. The fourth-order valence-corrected chi connectivity index (χ4v) is 3.42. The van der Waals surface area contributed by atoms with E-state index in [-0.39, 0.29) is 24.6 Å². The first-order valence-electron chi connectivity index (χ1n) is 6.54. The zero-order chi connectivity index (χ0) is 13.8. The van der Waals surface area contributed by atoms with Crippen LogP contribution in [0.5, 0.6) is 0 Å². The summed E-state index contributed by atoms with van der Waals surface area (Å²) in [6.45, 7) is 4.17. The highest BCUT2D eigenvalue weighted by molar-refractivity contribution is 7.99. The molecule has 2 saturated heterocycles. The third kappa shape index (κ3) is 3.76. The molecule has 19 heavy (non-hydrogen) atoms. The maximum absolute atomic E-state index is 12.4. The number of nitrogens with zero attached hydrogens (tertiary/aromatic N) is 2. The van der Waals surface area contributed by atoms with E-state index >= 15 is 0 Å². The quantitative estimate of drug-likeness (QED) is 0.811. The molecule has 2 atom stereocenters. The van der Waals surface area contributed by atoms with E-state index in [1.807, 2.05) is 16.7 Å². The number of morpholine rings is 1. The Kier molecular flexibility index (Phi) is 4.93. The lowest BCUT2D eigenvalue weighted by Gasteiger charge is -2.40. The Morgan fingerprint density at radius 3 is 2.89 bits per heavy atom. The van der Waals surface area contributed by atoms with E-state index < -0.39 is 5.97 Å². The molecule has 2 rings (SSSR count). The Morgan fingerprint density at radius 2 is 2.21 bits per heavy atom. The Bertz CT molecular complexity index is 353. The minimum absolute atomic E-state index is 0.0199. The molecule has 2 amide bonds. The van der Waals surface area contributed by atoms with Crippen molar-refractivity contribution in [1.82, 2.24) is 9.80 Å². The minimum atomic E-state index is -0.887. The van der Waals surface area contributed by atoms with E-state index in [0.29, 0.717) is 19.7 Å². The van der Waals surface area contributed by atoms with E-state index in [2.05, 4.69) is 6.92 Å². The Morgan fingerprint density at radius 1 is 1.42 bits per heavy atom. The van der Waals surface area contributed by atoms with Gasteiger partial charge in [0.15, 0.2) is 0 Å². The SMILES string of the molecule is CC1CSCCN1C(=O)N1CCOC(CC(=O)O)C1. The molecule has 2 aliphatic rings. The molecule has 1 N–H and O–H groups in total. The number of carboxylic acids is 1. The molecule has 2 fully saturated rings. The number of carbonyl (C=O) groups is 2. The van der Waals surface area contributed by atoms with Crippen molar-refractivity contribution in [3.63, 3.8) is 0 Å². The summed E-state index contributed by atoms with van der Waals surface area (Å²) in [5, 5.41) is 8.78. The molecule has 7 heteroatoms. The van der Waals surface area contributed by atoms with Gasteiger partial charge in [-0.1, -0.05) is 0 Å². The van der Waals surface area contributed by atoms with Crippen molar-refractivity contribution >= 4 is 23.8 Å². The lowest BCUT2D eigenvalue weighted by Crippen LogP contribution is -2.55. The predicted molar refractivity (Wildman–Crippen MR) is 72.5 cm³/mol. The van der Waals surface area contributed by atoms with Gasteiger partial charge in [-0.3, -0.25) is 4.79 Å². The number of thioether (sulfide) groups is 1. The lowest BCUT2D eigenvalue weighted by molar-refractivity contribution is -0.141. The number of carboxylic acid groups (broad SMARTS) is 1. The smallest absolute Gasteiger partial charge is 0.320 e. The fraction of sp³-hybridized carbons (Fsp3) is 0.833. The molecule has 2 aliphatic heterocycles. The second-order valence-electron chi connectivity index (χ2n) is 4.94. The maximum atomic E-state index is 12.4. The monoisotopic (exact) mass is 288 g/mol. The number of amides is 2. The van der Waals surface area contributed by atoms with Crippen LogP contribution in [-0.4, -0.2) is 76.8 Å². The minimum Gasteiger partial charge on any atom is -0.481 e. The van der Waals surface area contributed by atoms with Gasteiger partial charge in [-0.2, -0.15) is 11.8 Å². The van der Waals surface area contributed by atoms with Gasteiger partial charge in [0.25, 0.3) is 0 Å². The van der Waals surface area contributed by atoms with Gasteiger partial charge in [0.1, 0.15) is 0 Å². The zero-order valence-corrected chi connectivity index (χ0v) is 11.9. The molecule has 2 unspecified atom stereocenters. The van der Waals surface area contributed by atoms with E-state index in [1.165, 1.54) is 0 Å². The van der Waals surface area contributed by atoms with Crippen LogP contribution in [0, 0.1) is 0 Å². The molecule has 2 heterocycles. The molecule has 6 nitrogen and oxygen atoms in total. The lowest BCUT2D eigenvalue weighted by atomic mass is 10.2. The van der Waals surface area contributed by atoms with Gasteiger partial charge in [0.05, 0.1) is 19.1 Å². The number of hydrogen-bond donors (Lipinski definition) is 1. The van der Waals surface area contributed by atoms with Crippen molar-refractivity contribution < 1.29 is 19.4 Å². The second kappa shape index (κ2) is 6.47. The zero-order valence-electron chi connectivity index (χ0n) is 11.1. The maximum Gasteiger partial charge on any atom is 0.320 e. The van der Waals surface area contributed by atoms with E-state index in [4.69, 9.17) is 9.84 Å². The summed E-state index contributed by atoms with van der Waals surface area (Å²) < 4.78 is 5.39. The Balaban J connectivity index is 1.92. The number of urea groups is 1. The topological polar surface area (TPSA) is 70.1 Å². The molecular formula is C12H20N2O4S. The van der Waals surface area contributed by atoms with Crippen LogP contribution in [0.1, 0.15) is 13.3 Å². The third-order valence-corrected chi connectivity index (χ3v) is 4.61. The average molecular weight is 288 g/mol. The first-order chi connectivity index (χ1) is 9.08. The van der Waals surface area contributed by atoms with E-state index in [1.54, 1.807) is 4.90 Å². The van der Waals surface area contributed by atoms with Crippen molar-refractivity contribution in [3.8, 4) is 0 Å². The Labute approximate surface area is 117 Å². The molecule has 0 aromatic rings. The van der Waals surface area contributed by atoms with Crippen LogP contribution in [0.4, 0.5) is 4.79 Å². The molecule has 0 aliphatic carbocycles. The van der Waals surface area contributed by atoms with Gasteiger partial charge in [-0.15, -0.1) is 0 Å². The molecular weight excluding hydrogens is 268 g/mol. The Hall–Kier alpha value is -0.950. The summed E-state index contributed by atoms with van der Waals surface area (Å²) in [6, 6.07) is 0.263. The van der Waals surface area contributed by atoms with Crippen LogP contribution in [0.15, 0.2) is 0 Å². The normalized spacial score (nSPS) is 28.3. The van der Waals surface area contributed by atoms with Crippen molar-refractivity contribution in [2.45, 2.75) is 25.5 Å². The standard InChI is InChI=1S/C12H20N2O4S/c1-9-8-19-5-3-14(9)12(17)13-2-4-18-10(7-13)6-11(15)16/h9-10H,2-8H2,1H3,(H,15,16). The highest BCUT2D eigenvalue weighted by atomic mass is 32.2. The van der Waals surface area contributed by atoms with Crippen LogP contribution in [0.25, 0.3) is 0 Å². The van der Waals surface area contributed by atoms with Gasteiger partial charge < -0.3 is 19.6 Å². The van der Waals surface area contributed by atoms with Gasteiger partial charge in [-0.25, -0.2) is 4.79 Å². The highest BCUT2D eigenvalue weighted by Gasteiger charge is 2.31. The molecule has 0 bridgehead atoms. The van der Waals surface area contributed by atoms with Crippen molar-refractivity contribution in [1.29, 1.82) is 0 Å². The molecule has 0 spiro atoms. The molecule has 0 radical (unpaired) electrons. The summed E-state index contributed by atoms with van der Waals surface area (Å²) in [4.78, 5) is 26.8. The molecule has 108 valence electrons. The first-order valence-corrected chi connectivity index (χ1v) is 7.70. The molecule has 0 aromatic carbocycles. The van der Waals surface area contributed by atoms with Crippen LogP contribution in [0.2, 0.25) is 0 Å². The fourth-order valence-electron chi connectivity index (χ4n) is 2.40. The van der Waals surface area contributed by atoms with Crippen LogP contribution < -0.4 is 0 Å². The van der Waals surface area contributed by atoms with Gasteiger partial charge in [0, 0.05) is 37.2 Å². The van der Waals surface area contributed by atoms with Crippen LogP contribution in [0.3, 0.4) is 0 Å². The van der Waals surface area contributed by atoms with E-state index in [9.17, 15) is 9.59 Å². The predicted octanol–water partition coefficient (Wildman–Crippen LogP) is 0.719. The van der Waals surface area contributed by atoms with Crippen molar-refractivity contribution in [2.75, 3.05) is 37.7 Å². The summed E-state index contributed by atoms with van der Waals surface area (Å²) in [7, 11) is 0. The average Bonchev–Trinajstić information content (AvgIpc) is 2.38. The van der Waals surface area contributed by atoms with Gasteiger partial charge in [-0.05, 0) is 6.92 Å². The number of ether oxygens (including phenoxy) is 1. The van der Waals surface area contributed by atoms with Crippen LogP contribution >= 0.6 is 11.8 Å². The van der Waals surface area contributed by atoms with Crippen LogP contribution in [-0.2, 0) is 9.53 Å². The van der Waals surface area contributed by atoms with Crippen molar-refractivity contribution in [3.05, 3.63) is 0 Å². The number of hydrogen-bond acceptors (Lipinski definition) is 4. The number of rotatable bonds is 2. The first kappa shape index (κ1) is 14.5. The van der Waals surface area contributed by atoms with E-state index in [0.717, 1.165) is 18.1 Å². The van der Waals surface area contributed by atoms with Crippen molar-refractivity contribution in [2.24, 2.45) is 0 Å². The summed E-state index contributed by atoms with van der Waals surface area (Å²) in [5.74, 6) is 1.05. The van der Waals surface area contributed by atoms with Gasteiger partial charge >= 0.3 is 12.0 Å². The second-order valence-corrected chi connectivity index (χ2v) is 6.09. The number of aliphatic carboxylic acids is 1. The summed E-state index contributed by atoms with van der Waals surface area (Å²) in [5.41, 5.74) is 0.